The van der Waals surface area contributed by atoms with Gasteiger partial charge in [0.1, 0.15) is 6.61 Å². The fraction of sp³-hybridized carbons (Fsp3) is 0.800. The zero-order valence-electron chi connectivity index (χ0n) is 4.91. The summed E-state index contributed by atoms with van der Waals surface area (Å²) in [5.41, 5.74) is 0. The van der Waals surface area contributed by atoms with Gasteiger partial charge in [0.15, 0.2) is 0 Å². The van der Waals surface area contributed by atoms with Gasteiger partial charge >= 0.3 is 0 Å². The van der Waals surface area contributed by atoms with Crippen molar-refractivity contribution in [3.8, 4) is 0 Å². The second kappa shape index (κ2) is 3.42. The van der Waals surface area contributed by atoms with Crippen molar-refractivity contribution >= 4 is 6.47 Å². The van der Waals surface area contributed by atoms with Crippen LogP contribution in [-0.4, -0.2) is 32.6 Å². The summed E-state index contributed by atoms with van der Waals surface area (Å²) in [4.78, 5) is 9.72. The molecule has 0 aromatic carbocycles. The Morgan fingerprint density at radius 1 is 1.56 bits per heavy atom. The zero-order chi connectivity index (χ0) is 6.53. The molecule has 52 valence electrons. The smallest absolute Gasteiger partial charge is 0.295 e. The van der Waals surface area contributed by atoms with Crippen molar-refractivity contribution in [3.63, 3.8) is 0 Å². The Labute approximate surface area is 52.7 Å². The van der Waals surface area contributed by atoms with E-state index in [-0.39, 0.29) is 0 Å². The SMILES string of the molecule is O=COC1COCCO1. The first-order chi connectivity index (χ1) is 4.43. The Morgan fingerprint density at radius 3 is 3.00 bits per heavy atom. The average molecular weight is 132 g/mol. The molecule has 0 N–H and O–H groups in total. The lowest BCUT2D eigenvalue weighted by Crippen LogP contribution is -2.30. The zero-order valence-corrected chi connectivity index (χ0v) is 4.91. The minimum atomic E-state index is -0.490. The van der Waals surface area contributed by atoms with Crippen LogP contribution in [0.25, 0.3) is 0 Å². The molecule has 4 heteroatoms. The maximum atomic E-state index is 9.72. The van der Waals surface area contributed by atoms with Gasteiger partial charge in [-0.3, -0.25) is 4.79 Å². The number of rotatable bonds is 2. The number of hydrogen-bond donors (Lipinski definition) is 0. The third-order valence-corrected chi connectivity index (χ3v) is 0.993. The minimum Gasteiger partial charge on any atom is -0.435 e. The monoisotopic (exact) mass is 132 g/mol. The Balaban J connectivity index is 2.15. The van der Waals surface area contributed by atoms with E-state index >= 15 is 0 Å². The van der Waals surface area contributed by atoms with Crippen molar-refractivity contribution in [3.05, 3.63) is 0 Å². The Kier molecular flexibility index (Phi) is 2.48. The van der Waals surface area contributed by atoms with Crippen LogP contribution in [-0.2, 0) is 19.0 Å². The second-order valence-corrected chi connectivity index (χ2v) is 1.61. The first kappa shape index (κ1) is 6.51. The van der Waals surface area contributed by atoms with Gasteiger partial charge in [-0.1, -0.05) is 0 Å². The van der Waals surface area contributed by atoms with E-state index in [4.69, 9.17) is 9.47 Å². The lowest BCUT2D eigenvalue weighted by molar-refractivity contribution is -0.203. The molecule has 0 aromatic heterocycles. The standard InChI is InChI=1S/C5H8O4/c6-4-9-5-3-7-1-2-8-5/h4-5H,1-3H2. The first-order valence-corrected chi connectivity index (χ1v) is 2.72. The van der Waals surface area contributed by atoms with Crippen LogP contribution in [0.2, 0.25) is 0 Å². The maximum Gasteiger partial charge on any atom is 0.295 e. The van der Waals surface area contributed by atoms with Crippen molar-refractivity contribution in [2.24, 2.45) is 0 Å². The summed E-state index contributed by atoms with van der Waals surface area (Å²) in [5, 5.41) is 0. The van der Waals surface area contributed by atoms with Crippen molar-refractivity contribution in [1.82, 2.24) is 0 Å². The van der Waals surface area contributed by atoms with Gasteiger partial charge in [-0.05, 0) is 0 Å². The van der Waals surface area contributed by atoms with Gasteiger partial charge in [0.05, 0.1) is 13.2 Å². The third-order valence-electron chi connectivity index (χ3n) is 0.993. The first-order valence-electron chi connectivity index (χ1n) is 2.72. The lowest BCUT2D eigenvalue weighted by atomic mass is 10.6. The van der Waals surface area contributed by atoms with Crippen LogP contribution in [0.15, 0.2) is 0 Å². The van der Waals surface area contributed by atoms with E-state index in [9.17, 15) is 4.79 Å². The number of carbonyl (C=O) groups excluding carboxylic acids is 1. The largest absolute Gasteiger partial charge is 0.435 e. The minimum absolute atomic E-state index is 0.346. The van der Waals surface area contributed by atoms with Crippen LogP contribution in [0.3, 0.4) is 0 Å². The molecule has 1 atom stereocenters. The molecule has 0 bridgehead atoms. The van der Waals surface area contributed by atoms with Gasteiger partial charge in [-0.25, -0.2) is 0 Å². The van der Waals surface area contributed by atoms with Crippen LogP contribution in [0.1, 0.15) is 0 Å². The fourth-order valence-corrected chi connectivity index (χ4v) is 0.607. The Morgan fingerprint density at radius 2 is 2.44 bits per heavy atom. The van der Waals surface area contributed by atoms with Crippen LogP contribution < -0.4 is 0 Å². The summed E-state index contributed by atoms with van der Waals surface area (Å²) in [7, 11) is 0. The van der Waals surface area contributed by atoms with E-state index in [1.54, 1.807) is 0 Å². The average Bonchev–Trinajstić information content (AvgIpc) is 1.91. The summed E-state index contributed by atoms with van der Waals surface area (Å²) in [6.07, 6.45) is -0.490. The molecule has 1 saturated heterocycles. The van der Waals surface area contributed by atoms with Crippen LogP contribution in [0.4, 0.5) is 0 Å². The van der Waals surface area contributed by atoms with E-state index in [2.05, 4.69) is 4.74 Å². The topological polar surface area (TPSA) is 44.8 Å². The molecule has 0 aliphatic carbocycles. The summed E-state index contributed by atoms with van der Waals surface area (Å²) >= 11 is 0. The highest BCUT2D eigenvalue weighted by molar-refractivity contribution is 5.37. The Bertz CT molecular complexity index is 87.0. The fourth-order valence-electron chi connectivity index (χ4n) is 0.607. The molecule has 0 spiro atoms. The van der Waals surface area contributed by atoms with Crippen LogP contribution in [0.5, 0.6) is 0 Å². The van der Waals surface area contributed by atoms with E-state index in [1.165, 1.54) is 0 Å². The normalized spacial score (nSPS) is 27.3. The van der Waals surface area contributed by atoms with Gasteiger partial charge in [0, 0.05) is 0 Å². The molecular formula is C5H8O4. The van der Waals surface area contributed by atoms with Crippen molar-refractivity contribution in [1.29, 1.82) is 0 Å². The van der Waals surface area contributed by atoms with Crippen molar-refractivity contribution in [2.45, 2.75) is 6.29 Å². The number of ether oxygens (including phenoxy) is 3. The van der Waals surface area contributed by atoms with E-state index in [0.29, 0.717) is 26.3 Å². The van der Waals surface area contributed by atoms with Gasteiger partial charge in [0.2, 0.25) is 6.29 Å². The summed E-state index contributed by atoms with van der Waals surface area (Å²) in [6.45, 7) is 1.79. The molecule has 0 saturated carbocycles. The number of hydrogen-bond acceptors (Lipinski definition) is 4. The van der Waals surface area contributed by atoms with Crippen LogP contribution in [0, 0.1) is 0 Å². The maximum absolute atomic E-state index is 9.72. The van der Waals surface area contributed by atoms with Gasteiger partial charge < -0.3 is 14.2 Å². The lowest BCUT2D eigenvalue weighted by Gasteiger charge is -2.20. The molecule has 9 heavy (non-hydrogen) atoms. The van der Waals surface area contributed by atoms with Crippen LogP contribution >= 0.6 is 0 Å². The van der Waals surface area contributed by atoms with Crippen molar-refractivity contribution in [2.75, 3.05) is 19.8 Å². The third kappa shape index (κ3) is 1.99. The summed E-state index contributed by atoms with van der Waals surface area (Å²) in [5.74, 6) is 0. The Hall–Kier alpha value is -0.610. The summed E-state index contributed by atoms with van der Waals surface area (Å²) < 4.78 is 14.3. The van der Waals surface area contributed by atoms with Gasteiger partial charge in [0.25, 0.3) is 6.47 Å². The quantitative estimate of drug-likeness (QED) is 0.476. The van der Waals surface area contributed by atoms with E-state index in [1.807, 2.05) is 0 Å². The molecule has 0 aromatic rings. The van der Waals surface area contributed by atoms with Gasteiger partial charge in [-0.15, -0.1) is 0 Å². The molecule has 1 unspecified atom stereocenters. The molecule has 1 aliphatic rings. The molecule has 4 nitrogen and oxygen atoms in total. The van der Waals surface area contributed by atoms with Crippen molar-refractivity contribution < 1.29 is 19.0 Å². The molecule has 0 radical (unpaired) electrons. The van der Waals surface area contributed by atoms with E-state index in [0.717, 1.165) is 0 Å². The molecule has 1 rings (SSSR count). The molecule has 1 aliphatic heterocycles. The highest BCUT2D eigenvalue weighted by Gasteiger charge is 2.13. The molecule has 0 amide bonds. The second-order valence-electron chi connectivity index (χ2n) is 1.61. The molecular weight excluding hydrogens is 124 g/mol. The highest BCUT2D eigenvalue weighted by atomic mass is 16.7. The predicted molar refractivity (Wildman–Crippen MR) is 27.7 cm³/mol. The molecule has 1 fully saturated rings. The number of carbonyl (C=O) groups is 1. The molecule has 1 heterocycles. The van der Waals surface area contributed by atoms with Gasteiger partial charge in [-0.2, -0.15) is 0 Å². The highest BCUT2D eigenvalue weighted by Crippen LogP contribution is 1.99. The predicted octanol–water partition coefficient (Wildman–Crippen LogP) is -0.468. The summed E-state index contributed by atoms with van der Waals surface area (Å²) in [6, 6.07) is 0. The van der Waals surface area contributed by atoms with E-state index < -0.39 is 6.29 Å².